The molecule has 4 heteroatoms. The van der Waals surface area contributed by atoms with E-state index in [2.05, 4.69) is 42.0 Å². The summed E-state index contributed by atoms with van der Waals surface area (Å²) in [6, 6.07) is 4.91. The van der Waals surface area contributed by atoms with E-state index < -0.39 is 0 Å². The van der Waals surface area contributed by atoms with Crippen LogP contribution in [0.15, 0.2) is 22.7 Å². The van der Waals surface area contributed by atoms with Gasteiger partial charge in [0.2, 0.25) is 0 Å². The zero-order valence-electron chi connectivity index (χ0n) is 11.9. The monoisotopic (exact) mass is 331 g/mol. The van der Waals surface area contributed by atoms with Crippen LogP contribution < -0.4 is 5.32 Å². The predicted octanol–water partition coefficient (Wildman–Crippen LogP) is 4.27. The van der Waals surface area contributed by atoms with Crippen LogP contribution in [-0.2, 0) is 11.3 Å². The lowest BCUT2D eigenvalue weighted by Gasteiger charge is -2.20. The molecule has 1 rings (SSSR count). The van der Waals surface area contributed by atoms with E-state index >= 15 is 0 Å². The molecule has 0 saturated carbocycles. The number of ether oxygens (including phenoxy) is 1. The van der Waals surface area contributed by atoms with Crippen molar-refractivity contribution in [2.75, 3.05) is 13.2 Å². The fourth-order valence-corrected chi connectivity index (χ4v) is 2.04. The van der Waals surface area contributed by atoms with Crippen molar-refractivity contribution in [1.82, 2.24) is 5.32 Å². The zero-order chi connectivity index (χ0) is 14.3. The minimum atomic E-state index is -0.211. The van der Waals surface area contributed by atoms with Crippen LogP contribution in [0.1, 0.15) is 39.2 Å². The molecule has 0 aromatic heterocycles. The molecule has 0 aliphatic rings. The van der Waals surface area contributed by atoms with Gasteiger partial charge in [0, 0.05) is 22.2 Å². The van der Waals surface area contributed by atoms with E-state index in [1.165, 1.54) is 6.07 Å². The number of benzene rings is 1. The van der Waals surface area contributed by atoms with Crippen molar-refractivity contribution in [3.63, 3.8) is 0 Å². The van der Waals surface area contributed by atoms with Crippen LogP contribution in [-0.4, -0.2) is 18.7 Å². The molecule has 0 radical (unpaired) electrons. The van der Waals surface area contributed by atoms with Crippen LogP contribution >= 0.6 is 15.9 Å². The second kappa shape index (κ2) is 7.98. The number of hydrogen-bond donors (Lipinski definition) is 1. The molecule has 0 bridgehead atoms. The summed E-state index contributed by atoms with van der Waals surface area (Å²) in [7, 11) is 0. The fraction of sp³-hybridized carbons (Fsp3) is 0.600. The molecule has 108 valence electrons. The molecular formula is C15H23BrFNO. The van der Waals surface area contributed by atoms with Gasteiger partial charge in [-0.2, -0.15) is 0 Å². The minimum Gasteiger partial charge on any atom is -0.377 e. The molecule has 0 amide bonds. The lowest BCUT2D eigenvalue weighted by atomic mass is 10.1. The smallest absolute Gasteiger partial charge is 0.128 e. The summed E-state index contributed by atoms with van der Waals surface area (Å²) in [5.74, 6) is -0.211. The van der Waals surface area contributed by atoms with Gasteiger partial charge < -0.3 is 10.1 Å². The molecule has 0 heterocycles. The van der Waals surface area contributed by atoms with Crippen LogP contribution in [0.4, 0.5) is 4.39 Å². The Morgan fingerprint density at radius 3 is 2.68 bits per heavy atom. The maximum Gasteiger partial charge on any atom is 0.128 e. The molecular weight excluding hydrogens is 309 g/mol. The molecule has 2 nitrogen and oxygen atoms in total. The largest absolute Gasteiger partial charge is 0.377 e. The molecule has 1 aromatic rings. The summed E-state index contributed by atoms with van der Waals surface area (Å²) in [5.41, 5.74) is 0.766. The molecule has 0 saturated heterocycles. The predicted molar refractivity (Wildman–Crippen MR) is 80.7 cm³/mol. The van der Waals surface area contributed by atoms with Crippen molar-refractivity contribution in [2.24, 2.45) is 0 Å². The number of hydrogen-bond acceptors (Lipinski definition) is 2. The molecule has 1 N–H and O–H groups in total. The van der Waals surface area contributed by atoms with Gasteiger partial charge in [-0.3, -0.25) is 0 Å². The SMILES string of the molecule is CC(C)(C)NCCCCOCc1cc(Br)ccc1F. The van der Waals surface area contributed by atoms with Gasteiger partial charge >= 0.3 is 0 Å². The average molecular weight is 332 g/mol. The van der Waals surface area contributed by atoms with Gasteiger partial charge in [0.25, 0.3) is 0 Å². The van der Waals surface area contributed by atoms with Gasteiger partial charge in [-0.05, 0) is 58.4 Å². The maximum absolute atomic E-state index is 13.4. The van der Waals surface area contributed by atoms with E-state index in [1.54, 1.807) is 12.1 Å². The van der Waals surface area contributed by atoms with Crippen LogP contribution in [0, 0.1) is 5.82 Å². The first-order chi connectivity index (χ1) is 8.88. The van der Waals surface area contributed by atoms with Crippen molar-refractivity contribution in [2.45, 2.75) is 45.8 Å². The lowest BCUT2D eigenvalue weighted by molar-refractivity contribution is 0.114. The van der Waals surface area contributed by atoms with Crippen molar-refractivity contribution >= 4 is 15.9 Å². The first-order valence-electron chi connectivity index (χ1n) is 6.65. The first kappa shape index (κ1) is 16.6. The van der Waals surface area contributed by atoms with Crippen LogP contribution in [0.5, 0.6) is 0 Å². The van der Waals surface area contributed by atoms with E-state index in [0.29, 0.717) is 18.8 Å². The fourth-order valence-electron chi connectivity index (χ4n) is 1.63. The highest BCUT2D eigenvalue weighted by atomic mass is 79.9. The van der Waals surface area contributed by atoms with Crippen molar-refractivity contribution in [3.8, 4) is 0 Å². The number of rotatable bonds is 7. The van der Waals surface area contributed by atoms with Gasteiger partial charge in [0.05, 0.1) is 6.61 Å². The van der Waals surface area contributed by atoms with Gasteiger partial charge in [-0.25, -0.2) is 4.39 Å². The summed E-state index contributed by atoms with van der Waals surface area (Å²) in [4.78, 5) is 0. The Balaban J connectivity index is 2.12. The number of nitrogens with one attached hydrogen (secondary N) is 1. The van der Waals surface area contributed by atoms with Gasteiger partial charge in [0.15, 0.2) is 0 Å². The summed E-state index contributed by atoms with van der Waals surface area (Å²) in [6.45, 7) is 8.44. The Hall–Kier alpha value is -0.450. The molecule has 0 aliphatic heterocycles. The van der Waals surface area contributed by atoms with Gasteiger partial charge in [-0.1, -0.05) is 15.9 Å². The third-order valence-corrected chi connectivity index (χ3v) is 3.13. The molecule has 0 unspecified atom stereocenters. The highest BCUT2D eigenvalue weighted by molar-refractivity contribution is 9.10. The van der Waals surface area contributed by atoms with E-state index in [4.69, 9.17) is 4.74 Å². The Kier molecular flexibility index (Phi) is 6.97. The van der Waals surface area contributed by atoms with Crippen molar-refractivity contribution in [1.29, 1.82) is 0 Å². The highest BCUT2D eigenvalue weighted by Crippen LogP contribution is 2.16. The van der Waals surface area contributed by atoms with Crippen LogP contribution in [0.2, 0.25) is 0 Å². The lowest BCUT2D eigenvalue weighted by Crippen LogP contribution is -2.36. The quantitative estimate of drug-likeness (QED) is 0.753. The third kappa shape index (κ3) is 7.65. The van der Waals surface area contributed by atoms with Crippen LogP contribution in [0.25, 0.3) is 0 Å². The minimum absolute atomic E-state index is 0.167. The normalized spacial score (nSPS) is 11.8. The van der Waals surface area contributed by atoms with E-state index in [0.717, 1.165) is 23.9 Å². The highest BCUT2D eigenvalue weighted by Gasteiger charge is 2.07. The molecule has 0 atom stereocenters. The zero-order valence-corrected chi connectivity index (χ0v) is 13.5. The summed E-state index contributed by atoms with van der Waals surface area (Å²) in [5, 5.41) is 3.43. The van der Waals surface area contributed by atoms with Crippen LogP contribution in [0.3, 0.4) is 0 Å². The summed E-state index contributed by atoms with van der Waals surface area (Å²) in [6.07, 6.45) is 2.05. The molecule has 0 fully saturated rings. The molecule has 0 spiro atoms. The second-order valence-corrected chi connectivity index (χ2v) is 6.59. The van der Waals surface area contributed by atoms with Crippen molar-refractivity contribution < 1.29 is 9.13 Å². The summed E-state index contributed by atoms with van der Waals surface area (Å²) >= 11 is 3.33. The number of halogens is 2. The Labute approximate surface area is 123 Å². The van der Waals surface area contributed by atoms with Gasteiger partial charge in [0.1, 0.15) is 5.82 Å². The van der Waals surface area contributed by atoms with E-state index in [9.17, 15) is 4.39 Å². The first-order valence-corrected chi connectivity index (χ1v) is 7.44. The summed E-state index contributed by atoms with van der Waals surface area (Å²) < 4.78 is 19.8. The molecule has 19 heavy (non-hydrogen) atoms. The van der Waals surface area contributed by atoms with E-state index in [-0.39, 0.29) is 11.4 Å². The topological polar surface area (TPSA) is 21.3 Å². The maximum atomic E-state index is 13.4. The average Bonchev–Trinajstić information content (AvgIpc) is 2.31. The Morgan fingerprint density at radius 1 is 1.26 bits per heavy atom. The Bertz CT molecular complexity index is 390. The molecule has 0 aliphatic carbocycles. The molecule has 1 aromatic carbocycles. The van der Waals surface area contributed by atoms with Crippen molar-refractivity contribution in [3.05, 3.63) is 34.1 Å². The Morgan fingerprint density at radius 2 is 2.00 bits per heavy atom. The second-order valence-electron chi connectivity index (χ2n) is 5.67. The standard InChI is InChI=1S/C15H23BrFNO/c1-15(2,3)18-8-4-5-9-19-11-12-10-13(16)6-7-14(12)17/h6-7,10,18H,4-5,8-9,11H2,1-3H3. The van der Waals surface area contributed by atoms with Gasteiger partial charge in [-0.15, -0.1) is 0 Å². The third-order valence-electron chi connectivity index (χ3n) is 2.64. The van der Waals surface area contributed by atoms with E-state index in [1.807, 2.05) is 0 Å². The number of unbranched alkanes of at least 4 members (excludes halogenated alkanes) is 1.